The van der Waals surface area contributed by atoms with E-state index in [1.165, 1.54) is 17.7 Å². The van der Waals surface area contributed by atoms with Crippen molar-refractivity contribution in [2.24, 2.45) is 5.41 Å². The molecule has 1 heterocycles. The second-order valence-electron chi connectivity index (χ2n) is 6.65. The van der Waals surface area contributed by atoms with Gasteiger partial charge in [-0.05, 0) is 62.0 Å². The molecule has 2 amide bonds. The van der Waals surface area contributed by atoms with E-state index in [2.05, 4.69) is 29.9 Å². The third-order valence-corrected chi connectivity index (χ3v) is 6.33. The van der Waals surface area contributed by atoms with Gasteiger partial charge in [0.2, 0.25) is 0 Å². The van der Waals surface area contributed by atoms with Gasteiger partial charge in [-0.25, -0.2) is 4.79 Å². The fourth-order valence-corrected chi connectivity index (χ4v) is 4.66. The second kappa shape index (κ2) is 7.14. The molecule has 5 heteroatoms. The van der Waals surface area contributed by atoms with Gasteiger partial charge < -0.3 is 15.4 Å². The van der Waals surface area contributed by atoms with Crippen LogP contribution in [0.1, 0.15) is 37.7 Å². The molecule has 0 unspecified atom stereocenters. The Kier molecular flexibility index (Phi) is 5.17. The predicted octanol–water partition coefficient (Wildman–Crippen LogP) is 4.19. The van der Waals surface area contributed by atoms with Gasteiger partial charge in [-0.3, -0.25) is 0 Å². The minimum Gasteiger partial charge on any atom is -0.381 e. The summed E-state index contributed by atoms with van der Waals surface area (Å²) in [5, 5.41) is 6.28. The van der Waals surface area contributed by atoms with Crippen LogP contribution in [0.4, 0.5) is 10.5 Å². The minimum absolute atomic E-state index is 0.0795. The monoisotopic (exact) mass is 334 g/mol. The van der Waals surface area contributed by atoms with Gasteiger partial charge in [-0.2, -0.15) is 0 Å². The number of amides is 2. The Bertz CT molecular complexity index is 570. The lowest BCUT2D eigenvalue weighted by Crippen LogP contribution is -2.48. The third kappa shape index (κ3) is 3.50. The number of hydrogen-bond acceptors (Lipinski definition) is 3. The van der Waals surface area contributed by atoms with Gasteiger partial charge in [0.05, 0.1) is 0 Å². The molecule has 1 atom stereocenters. The van der Waals surface area contributed by atoms with Crippen LogP contribution in [0.15, 0.2) is 23.1 Å². The fourth-order valence-electron chi connectivity index (χ4n) is 4.03. The van der Waals surface area contributed by atoms with Crippen LogP contribution in [0.5, 0.6) is 0 Å². The molecule has 1 aromatic rings. The first-order chi connectivity index (χ1) is 11.1. The Balaban J connectivity index is 1.65. The Morgan fingerprint density at radius 2 is 2.09 bits per heavy atom. The molecule has 2 N–H and O–H groups in total. The van der Waals surface area contributed by atoms with E-state index in [0.717, 1.165) is 43.7 Å². The Morgan fingerprint density at radius 1 is 1.30 bits per heavy atom. The molecule has 126 valence electrons. The van der Waals surface area contributed by atoms with Crippen molar-refractivity contribution in [2.75, 3.05) is 24.8 Å². The molecule has 1 aliphatic carbocycles. The van der Waals surface area contributed by atoms with Gasteiger partial charge in [-0.1, -0.05) is 12.5 Å². The van der Waals surface area contributed by atoms with Crippen LogP contribution in [0.3, 0.4) is 0 Å². The summed E-state index contributed by atoms with van der Waals surface area (Å²) >= 11 is 1.70. The van der Waals surface area contributed by atoms with Gasteiger partial charge in [0.15, 0.2) is 0 Å². The number of rotatable bonds is 3. The maximum Gasteiger partial charge on any atom is 0.319 e. The number of thioether (sulfide) groups is 1. The van der Waals surface area contributed by atoms with Crippen LogP contribution >= 0.6 is 11.8 Å². The number of urea groups is 1. The standard InChI is InChI=1S/C18H26N2O2S/c1-13-14(5-3-6-15(13)23-2)19-17(21)20-16-7-4-8-18(16)9-11-22-12-10-18/h3,5-6,16H,4,7-12H2,1-2H3,(H2,19,20,21)/t16-/m1/s1. The summed E-state index contributed by atoms with van der Waals surface area (Å²) in [5.41, 5.74) is 2.28. The molecule has 1 aromatic carbocycles. The number of benzene rings is 1. The van der Waals surface area contributed by atoms with Crippen molar-refractivity contribution in [3.63, 3.8) is 0 Å². The number of carbonyl (C=O) groups is 1. The van der Waals surface area contributed by atoms with E-state index in [1.807, 2.05) is 12.1 Å². The molecule has 2 fully saturated rings. The first kappa shape index (κ1) is 16.7. The summed E-state index contributed by atoms with van der Waals surface area (Å²) in [6, 6.07) is 6.23. The highest BCUT2D eigenvalue weighted by Gasteiger charge is 2.44. The minimum atomic E-state index is -0.0795. The van der Waals surface area contributed by atoms with E-state index in [9.17, 15) is 4.79 Å². The molecule has 0 aromatic heterocycles. The quantitative estimate of drug-likeness (QED) is 0.815. The van der Waals surface area contributed by atoms with Crippen molar-refractivity contribution in [3.05, 3.63) is 23.8 Å². The summed E-state index contributed by atoms with van der Waals surface area (Å²) in [7, 11) is 0. The number of ether oxygens (including phenoxy) is 1. The normalized spacial score (nSPS) is 23.0. The van der Waals surface area contributed by atoms with Crippen LogP contribution in [0.25, 0.3) is 0 Å². The summed E-state index contributed by atoms with van der Waals surface area (Å²) in [5.74, 6) is 0. The second-order valence-corrected chi connectivity index (χ2v) is 7.50. The summed E-state index contributed by atoms with van der Waals surface area (Å²) < 4.78 is 5.52. The highest BCUT2D eigenvalue weighted by Crippen LogP contribution is 2.46. The lowest BCUT2D eigenvalue weighted by atomic mass is 9.75. The van der Waals surface area contributed by atoms with E-state index in [4.69, 9.17) is 4.74 Å². The maximum absolute atomic E-state index is 12.5. The van der Waals surface area contributed by atoms with Crippen molar-refractivity contribution in [2.45, 2.75) is 50.0 Å². The molecule has 1 aliphatic heterocycles. The highest BCUT2D eigenvalue weighted by molar-refractivity contribution is 7.98. The molecule has 1 saturated carbocycles. The molecule has 3 rings (SSSR count). The van der Waals surface area contributed by atoms with Crippen molar-refractivity contribution >= 4 is 23.5 Å². The summed E-state index contributed by atoms with van der Waals surface area (Å²) in [6.45, 7) is 3.71. The third-order valence-electron chi connectivity index (χ3n) is 5.45. The zero-order valence-electron chi connectivity index (χ0n) is 14.0. The molecule has 4 nitrogen and oxygen atoms in total. The van der Waals surface area contributed by atoms with Gasteiger partial charge in [0.25, 0.3) is 0 Å². The van der Waals surface area contributed by atoms with Crippen molar-refractivity contribution < 1.29 is 9.53 Å². The molecule has 0 bridgehead atoms. The highest BCUT2D eigenvalue weighted by atomic mass is 32.2. The van der Waals surface area contributed by atoms with Gasteiger partial charge >= 0.3 is 6.03 Å². The van der Waals surface area contributed by atoms with E-state index in [0.29, 0.717) is 0 Å². The van der Waals surface area contributed by atoms with E-state index < -0.39 is 0 Å². The topological polar surface area (TPSA) is 50.4 Å². The first-order valence-corrected chi connectivity index (χ1v) is 9.66. The Morgan fingerprint density at radius 3 is 2.83 bits per heavy atom. The Hall–Kier alpha value is -1.20. The summed E-state index contributed by atoms with van der Waals surface area (Å²) in [4.78, 5) is 13.7. The molecule has 2 aliphatic rings. The Labute approximate surface area is 142 Å². The van der Waals surface area contributed by atoms with E-state index in [-0.39, 0.29) is 17.5 Å². The van der Waals surface area contributed by atoms with Gasteiger partial charge in [0.1, 0.15) is 0 Å². The van der Waals surface area contributed by atoms with Crippen molar-refractivity contribution in [1.29, 1.82) is 0 Å². The van der Waals surface area contributed by atoms with Crippen LogP contribution < -0.4 is 10.6 Å². The van der Waals surface area contributed by atoms with Gasteiger partial charge in [0, 0.05) is 29.8 Å². The molecular formula is C18H26N2O2S. The van der Waals surface area contributed by atoms with Crippen LogP contribution in [-0.2, 0) is 4.74 Å². The molecule has 0 radical (unpaired) electrons. The lowest BCUT2D eigenvalue weighted by Gasteiger charge is -2.39. The van der Waals surface area contributed by atoms with E-state index >= 15 is 0 Å². The average molecular weight is 334 g/mol. The zero-order valence-corrected chi connectivity index (χ0v) is 14.8. The number of hydrogen-bond donors (Lipinski definition) is 2. The SMILES string of the molecule is CSc1cccc(NC(=O)N[C@@H]2CCCC23CCOCC3)c1C. The number of nitrogens with one attached hydrogen (secondary N) is 2. The fraction of sp³-hybridized carbons (Fsp3) is 0.611. The van der Waals surface area contributed by atoms with Gasteiger partial charge in [-0.15, -0.1) is 11.8 Å². The number of anilines is 1. The van der Waals surface area contributed by atoms with E-state index in [1.54, 1.807) is 11.8 Å². The van der Waals surface area contributed by atoms with Crippen LogP contribution in [0.2, 0.25) is 0 Å². The predicted molar refractivity (Wildman–Crippen MR) is 95.2 cm³/mol. The molecule has 1 spiro atoms. The average Bonchev–Trinajstić information content (AvgIpc) is 2.92. The van der Waals surface area contributed by atoms with Crippen LogP contribution in [0, 0.1) is 12.3 Å². The smallest absolute Gasteiger partial charge is 0.319 e. The first-order valence-electron chi connectivity index (χ1n) is 8.43. The number of carbonyl (C=O) groups excluding carboxylic acids is 1. The van der Waals surface area contributed by atoms with Crippen molar-refractivity contribution in [1.82, 2.24) is 5.32 Å². The van der Waals surface area contributed by atoms with Crippen molar-refractivity contribution in [3.8, 4) is 0 Å². The molecule has 1 saturated heterocycles. The lowest BCUT2D eigenvalue weighted by molar-refractivity contribution is 0.00652. The zero-order chi connectivity index (χ0) is 16.3. The molecular weight excluding hydrogens is 308 g/mol. The van der Waals surface area contributed by atoms with Crippen LogP contribution in [-0.4, -0.2) is 31.5 Å². The maximum atomic E-state index is 12.5. The summed E-state index contributed by atoms with van der Waals surface area (Å²) in [6.07, 6.45) is 7.68. The largest absolute Gasteiger partial charge is 0.381 e. The molecule has 23 heavy (non-hydrogen) atoms.